The maximum atomic E-state index is 13.7. The number of nitrogens with one attached hydrogen (secondary N) is 2. The van der Waals surface area contributed by atoms with Gasteiger partial charge in [0.05, 0.1) is 30.3 Å². The van der Waals surface area contributed by atoms with Crippen LogP contribution in [0.1, 0.15) is 24.6 Å². The Kier molecular flexibility index (Phi) is 7.71. The molecular weight excluding hydrogens is 503 g/mol. The van der Waals surface area contributed by atoms with Crippen molar-refractivity contribution in [2.75, 3.05) is 25.1 Å². The highest BCUT2D eigenvalue weighted by atomic mass is 19.1. The Labute approximate surface area is 224 Å². The minimum atomic E-state index is -0.962. The highest BCUT2D eigenvalue weighted by Gasteiger charge is 2.42. The number of carbonyl (C=O) groups is 1. The molecule has 1 aromatic carbocycles. The summed E-state index contributed by atoms with van der Waals surface area (Å²) in [7, 11) is 0. The zero-order chi connectivity index (χ0) is 27.2. The van der Waals surface area contributed by atoms with E-state index in [4.69, 9.17) is 19.2 Å². The number of anilines is 1. The standard InChI is InChI=1S/C28H27FN6O4/c1-3-13-37-26(36)28(2)16-38-25(39-17-28)24-34-22(19-6-8-20(29)9-7-19)23(35-24)21-10-12-31-27(33-21)32-15-18-5-4-11-30-14-18/h3-12,14,25H,1,13,15-17H2,2H3,(H,34,35)(H,31,32,33). The van der Waals surface area contributed by atoms with E-state index >= 15 is 0 Å². The molecule has 1 saturated heterocycles. The van der Waals surface area contributed by atoms with Crippen LogP contribution < -0.4 is 5.32 Å². The van der Waals surface area contributed by atoms with Crippen molar-refractivity contribution >= 4 is 11.9 Å². The monoisotopic (exact) mass is 530 g/mol. The lowest BCUT2D eigenvalue weighted by Crippen LogP contribution is -2.43. The fourth-order valence-corrected chi connectivity index (χ4v) is 3.97. The number of hydrogen-bond donors (Lipinski definition) is 2. The molecule has 0 atom stereocenters. The van der Waals surface area contributed by atoms with Crippen LogP contribution in [0.15, 0.2) is 73.7 Å². The van der Waals surface area contributed by atoms with Crippen LogP contribution in [0.5, 0.6) is 0 Å². The molecule has 0 spiro atoms. The lowest BCUT2D eigenvalue weighted by atomic mass is 9.92. The summed E-state index contributed by atoms with van der Waals surface area (Å²) in [4.78, 5) is 33.5. The number of halogens is 1. The molecule has 4 heterocycles. The van der Waals surface area contributed by atoms with Crippen LogP contribution in [0, 0.1) is 11.2 Å². The van der Waals surface area contributed by atoms with Crippen molar-refractivity contribution in [1.29, 1.82) is 0 Å². The van der Waals surface area contributed by atoms with Crippen LogP contribution >= 0.6 is 0 Å². The summed E-state index contributed by atoms with van der Waals surface area (Å²) >= 11 is 0. The van der Waals surface area contributed by atoms with E-state index < -0.39 is 17.7 Å². The third-order valence-corrected chi connectivity index (χ3v) is 6.08. The first kappa shape index (κ1) is 26.1. The number of carbonyl (C=O) groups excluding carboxylic acids is 1. The van der Waals surface area contributed by atoms with Crippen molar-refractivity contribution in [3.05, 3.63) is 90.9 Å². The van der Waals surface area contributed by atoms with E-state index in [0.717, 1.165) is 5.56 Å². The van der Waals surface area contributed by atoms with E-state index in [9.17, 15) is 9.18 Å². The van der Waals surface area contributed by atoms with Gasteiger partial charge in [-0.15, -0.1) is 0 Å². The van der Waals surface area contributed by atoms with E-state index in [1.54, 1.807) is 43.7 Å². The fraction of sp³-hybridized carbons (Fsp3) is 0.250. The number of nitrogens with zero attached hydrogens (tertiary/aromatic N) is 4. The lowest BCUT2D eigenvalue weighted by molar-refractivity contribution is -0.238. The normalized spacial score (nSPS) is 18.9. The number of ether oxygens (including phenoxy) is 3. The van der Waals surface area contributed by atoms with Gasteiger partial charge in [-0.1, -0.05) is 18.7 Å². The highest BCUT2D eigenvalue weighted by Crippen LogP contribution is 2.36. The van der Waals surface area contributed by atoms with Crippen molar-refractivity contribution < 1.29 is 23.4 Å². The second-order valence-electron chi connectivity index (χ2n) is 9.23. The Balaban J connectivity index is 1.41. The molecule has 1 fully saturated rings. The number of esters is 1. The van der Waals surface area contributed by atoms with Crippen molar-refractivity contribution in [2.24, 2.45) is 5.41 Å². The predicted molar refractivity (Wildman–Crippen MR) is 140 cm³/mol. The molecule has 5 rings (SSSR count). The topological polar surface area (TPSA) is 124 Å². The molecular formula is C28H27FN6O4. The van der Waals surface area contributed by atoms with Gasteiger partial charge in [0.2, 0.25) is 12.2 Å². The number of aromatic amines is 1. The number of aromatic nitrogens is 5. The number of H-pyrrole nitrogens is 1. The minimum absolute atomic E-state index is 0.0749. The first-order chi connectivity index (χ1) is 18.9. The predicted octanol–water partition coefficient (Wildman–Crippen LogP) is 4.46. The molecule has 200 valence electrons. The summed E-state index contributed by atoms with van der Waals surface area (Å²) in [5.41, 5.74) is 2.36. The van der Waals surface area contributed by atoms with Gasteiger partial charge in [-0.2, -0.15) is 0 Å². The summed E-state index contributed by atoms with van der Waals surface area (Å²) < 4.78 is 30.7. The number of hydrogen-bond acceptors (Lipinski definition) is 9. The number of benzene rings is 1. The molecule has 4 aromatic rings. The molecule has 0 unspecified atom stereocenters. The van der Waals surface area contributed by atoms with Crippen molar-refractivity contribution in [3.8, 4) is 22.6 Å². The Hall–Kier alpha value is -4.48. The van der Waals surface area contributed by atoms with Gasteiger partial charge in [0, 0.05) is 30.7 Å². The Morgan fingerprint density at radius 3 is 2.72 bits per heavy atom. The van der Waals surface area contributed by atoms with Crippen LogP contribution in [0.25, 0.3) is 22.6 Å². The van der Waals surface area contributed by atoms with Crippen molar-refractivity contribution in [2.45, 2.75) is 19.8 Å². The van der Waals surface area contributed by atoms with E-state index in [2.05, 4.69) is 31.8 Å². The third kappa shape index (κ3) is 6.00. The molecule has 1 aliphatic heterocycles. The van der Waals surface area contributed by atoms with Crippen LogP contribution in [0.4, 0.5) is 10.3 Å². The van der Waals surface area contributed by atoms with Gasteiger partial charge in [0.1, 0.15) is 17.8 Å². The lowest BCUT2D eigenvalue weighted by Gasteiger charge is -2.34. The molecule has 0 bridgehead atoms. The number of rotatable bonds is 9. The summed E-state index contributed by atoms with van der Waals surface area (Å²) in [6, 6.07) is 11.6. The number of pyridine rings is 1. The van der Waals surface area contributed by atoms with Crippen LogP contribution in [0.2, 0.25) is 0 Å². The molecule has 0 saturated carbocycles. The zero-order valence-electron chi connectivity index (χ0n) is 21.3. The van der Waals surface area contributed by atoms with Crippen molar-refractivity contribution in [1.82, 2.24) is 24.9 Å². The van der Waals surface area contributed by atoms with Crippen LogP contribution in [-0.4, -0.2) is 50.7 Å². The molecule has 39 heavy (non-hydrogen) atoms. The molecule has 11 heteroatoms. The van der Waals surface area contributed by atoms with Gasteiger partial charge >= 0.3 is 5.97 Å². The highest BCUT2D eigenvalue weighted by molar-refractivity contribution is 5.78. The first-order valence-corrected chi connectivity index (χ1v) is 12.3. The molecule has 10 nitrogen and oxygen atoms in total. The van der Waals surface area contributed by atoms with Gasteiger partial charge in [0.15, 0.2) is 5.82 Å². The maximum Gasteiger partial charge on any atom is 0.316 e. The van der Waals surface area contributed by atoms with Gasteiger partial charge < -0.3 is 24.5 Å². The van der Waals surface area contributed by atoms with Crippen molar-refractivity contribution in [3.63, 3.8) is 0 Å². The van der Waals surface area contributed by atoms with E-state index in [1.807, 2.05) is 12.1 Å². The smallest absolute Gasteiger partial charge is 0.316 e. The van der Waals surface area contributed by atoms with E-state index in [-0.39, 0.29) is 25.6 Å². The quantitative estimate of drug-likeness (QED) is 0.238. The molecule has 0 aliphatic carbocycles. The summed E-state index contributed by atoms with van der Waals surface area (Å²) in [6.07, 6.45) is 5.75. The fourth-order valence-electron chi connectivity index (χ4n) is 3.97. The first-order valence-electron chi connectivity index (χ1n) is 12.3. The largest absolute Gasteiger partial charge is 0.461 e. The second kappa shape index (κ2) is 11.5. The number of imidazole rings is 1. The summed E-state index contributed by atoms with van der Waals surface area (Å²) in [5, 5.41) is 3.20. The molecule has 3 aromatic heterocycles. The molecule has 2 N–H and O–H groups in total. The van der Waals surface area contributed by atoms with Gasteiger partial charge in [-0.05, 0) is 48.9 Å². The zero-order valence-corrected chi connectivity index (χ0v) is 21.3. The minimum Gasteiger partial charge on any atom is -0.461 e. The van der Waals surface area contributed by atoms with Gasteiger partial charge in [0.25, 0.3) is 0 Å². The summed E-state index contributed by atoms with van der Waals surface area (Å²) in [5.74, 6) is 0.00712. The molecule has 1 aliphatic rings. The van der Waals surface area contributed by atoms with Crippen LogP contribution in [-0.2, 0) is 25.5 Å². The Morgan fingerprint density at radius 1 is 1.21 bits per heavy atom. The van der Waals surface area contributed by atoms with Crippen LogP contribution in [0.3, 0.4) is 0 Å². The average molecular weight is 531 g/mol. The Morgan fingerprint density at radius 2 is 2.00 bits per heavy atom. The van der Waals surface area contributed by atoms with Gasteiger partial charge in [-0.25, -0.2) is 19.3 Å². The SMILES string of the molecule is C=CCOC(=O)C1(C)COC(c2nc(-c3ccc(F)cc3)c(-c3ccnc(NCc4cccnc4)n3)[nH]2)OC1. The average Bonchev–Trinajstić information content (AvgIpc) is 3.42. The Bertz CT molecular complexity index is 1440. The third-order valence-electron chi connectivity index (χ3n) is 6.08. The maximum absolute atomic E-state index is 13.7. The molecule has 0 radical (unpaired) electrons. The van der Waals surface area contributed by atoms with Gasteiger partial charge in [-0.3, -0.25) is 9.78 Å². The van der Waals surface area contributed by atoms with E-state index in [1.165, 1.54) is 18.2 Å². The molecule has 0 amide bonds. The van der Waals surface area contributed by atoms with E-state index in [0.29, 0.717) is 41.0 Å². The second-order valence-corrected chi connectivity index (χ2v) is 9.23. The summed E-state index contributed by atoms with van der Waals surface area (Å²) in [6.45, 7) is 6.03.